The normalized spacial score (nSPS) is 26.1. The number of piperidine rings is 3. The van der Waals surface area contributed by atoms with Crippen molar-refractivity contribution in [3.05, 3.63) is 69.0 Å². The third-order valence-corrected chi connectivity index (χ3v) is 7.52. The Hall–Kier alpha value is -2.44. The van der Waals surface area contributed by atoms with Gasteiger partial charge in [0.05, 0.1) is 26.8 Å². The van der Waals surface area contributed by atoms with Crippen molar-refractivity contribution in [3.8, 4) is 0 Å². The van der Waals surface area contributed by atoms with Crippen LogP contribution in [0.25, 0.3) is 12.2 Å². The van der Waals surface area contributed by atoms with Crippen LogP contribution >= 0.6 is 11.3 Å². The molecule has 7 rings (SSSR count). The summed E-state index contributed by atoms with van der Waals surface area (Å²) in [4.78, 5) is 11.2. The number of hydrogen-bond acceptors (Lipinski definition) is 6. The van der Waals surface area contributed by atoms with E-state index in [0.29, 0.717) is 5.92 Å². The van der Waals surface area contributed by atoms with Crippen molar-refractivity contribution in [3.63, 3.8) is 0 Å². The van der Waals surface area contributed by atoms with Gasteiger partial charge in [-0.3, -0.25) is 4.98 Å². The molecular weight excluding hydrogens is 402 g/mol. The third-order valence-electron chi connectivity index (χ3n) is 6.71. The van der Waals surface area contributed by atoms with Crippen molar-refractivity contribution in [2.45, 2.75) is 51.0 Å². The molecule has 4 aliphatic rings. The number of pyridine rings is 1. The molecule has 3 aliphatic heterocycles. The van der Waals surface area contributed by atoms with Crippen molar-refractivity contribution in [2.75, 3.05) is 13.1 Å². The largest absolute Gasteiger partial charge is 0.300 e. The zero-order chi connectivity index (χ0) is 21.0. The third kappa shape index (κ3) is 4.91. The van der Waals surface area contributed by atoms with Crippen molar-refractivity contribution in [1.82, 2.24) is 25.1 Å². The Bertz CT molecular complexity index is 1100. The maximum atomic E-state index is 4.29. The summed E-state index contributed by atoms with van der Waals surface area (Å²) in [5, 5.41) is 9.46. The lowest BCUT2D eigenvalue weighted by Gasteiger charge is -2.45. The Morgan fingerprint density at radius 3 is 2.74 bits per heavy atom. The Labute approximate surface area is 187 Å². The molecular formula is C25H29N5S. The second kappa shape index (κ2) is 9.37. The molecule has 0 saturated carbocycles. The average molecular weight is 432 g/mol. The van der Waals surface area contributed by atoms with Crippen molar-refractivity contribution in [2.24, 2.45) is 5.92 Å². The molecule has 3 aromatic heterocycles. The number of rotatable bonds is 3. The molecule has 1 aliphatic carbocycles. The number of aromatic nitrogens is 4. The van der Waals surface area contributed by atoms with Gasteiger partial charge in [-0.2, -0.15) is 10.2 Å². The fourth-order valence-electron chi connectivity index (χ4n) is 4.94. The molecule has 2 atom stereocenters. The number of nitrogens with zero attached hydrogens (tertiary/aromatic N) is 5. The molecule has 5 nitrogen and oxygen atoms in total. The van der Waals surface area contributed by atoms with E-state index in [0.717, 1.165) is 35.1 Å². The first kappa shape index (κ1) is 20.5. The van der Waals surface area contributed by atoms with Crippen molar-refractivity contribution >= 4 is 23.5 Å². The fraction of sp³-hybridized carbons (Fsp3) is 0.440. The van der Waals surface area contributed by atoms with Crippen LogP contribution in [0.15, 0.2) is 42.2 Å². The predicted molar refractivity (Wildman–Crippen MR) is 125 cm³/mol. The van der Waals surface area contributed by atoms with Crippen molar-refractivity contribution < 1.29 is 0 Å². The van der Waals surface area contributed by atoms with Gasteiger partial charge in [0.1, 0.15) is 0 Å². The van der Waals surface area contributed by atoms with Gasteiger partial charge in [-0.05, 0) is 81.8 Å². The molecule has 0 aromatic carbocycles. The summed E-state index contributed by atoms with van der Waals surface area (Å²) >= 11 is 1.68. The molecule has 3 saturated heterocycles. The molecule has 2 bridgehead atoms. The maximum absolute atomic E-state index is 4.29. The molecule has 2 unspecified atom stereocenters. The van der Waals surface area contributed by atoms with E-state index in [1.165, 1.54) is 48.9 Å². The molecule has 0 spiro atoms. The molecule has 0 amide bonds. The van der Waals surface area contributed by atoms with Gasteiger partial charge in [-0.1, -0.05) is 18.2 Å². The molecule has 3 aromatic rings. The minimum Gasteiger partial charge on any atom is -0.300 e. The number of hydrogen-bond donors (Lipinski definition) is 0. The summed E-state index contributed by atoms with van der Waals surface area (Å²) < 4.78 is 1.25. The quantitative estimate of drug-likeness (QED) is 0.638. The summed E-state index contributed by atoms with van der Waals surface area (Å²) in [6, 6.07) is 9.12. The SMILES string of the molecule is Cc1ccc(C2C=c3scnc3=CC2)nn1.c1cncc(CC2CC3CCN2CC3)c1. The molecule has 6 heterocycles. The Kier molecular flexibility index (Phi) is 6.18. The summed E-state index contributed by atoms with van der Waals surface area (Å²) in [5.41, 5.74) is 5.29. The highest BCUT2D eigenvalue weighted by atomic mass is 32.1. The summed E-state index contributed by atoms with van der Waals surface area (Å²) in [5.74, 6) is 1.36. The number of aryl methyl sites for hydroxylation is 1. The van der Waals surface area contributed by atoms with Crippen LogP contribution in [0.1, 0.15) is 48.6 Å². The van der Waals surface area contributed by atoms with E-state index in [2.05, 4.69) is 49.4 Å². The monoisotopic (exact) mass is 431 g/mol. The van der Waals surface area contributed by atoms with Crippen LogP contribution in [0.4, 0.5) is 0 Å². The van der Waals surface area contributed by atoms with Gasteiger partial charge >= 0.3 is 0 Å². The Balaban J connectivity index is 0.000000132. The minimum absolute atomic E-state index is 0.348. The van der Waals surface area contributed by atoms with Crippen LogP contribution in [0.2, 0.25) is 0 Å². The first-order valence-corrected chi connectivity index (χ1v) is 12.2. The summed E-state index contributed by atoms with van der Waals surface area (Å²) in [7, 11) is 0. The highest BCUT2D eigenvalue weighted by Gasteiger charge is 2.33. The van der Waals surface area contributed by atoms with Crippen LogP contribution < -0.4 is 9.88 Å². The van der Waals surface area contributed by atoms with Crippen LogP contribution in [-0.4, -0.2) is 44.2 Å². The van der Waals surface area contributed by atoms with Gasteiger partial charge in [0.15, 0.2) is 0 Å². The summed E-state index contributed by atoms with van der Waals surface area (Å²) in [6.45, 7) is 4.61. The number of fused-ring (bicyclic) bond motifs is 4. The van der Waals surface area contributed by atoms with Gasteiger partial charge in [-0.15, -0.1) is 11.3 Å². The summed E-state index contributed by atoms with van der Waals surface area (Å²) in [6.07, 6.45) is 14.7. The molecule has 6 heteroatoms. The molecule has 160 valence electrons. The first-order valence-electron chi connectivity index (χ1n) is 11.3. The first-order chi connectivity index (χ1) is 15.2. The average Bonchev–Trinajstić information content (AvgIpc) is 3.30. The lowest BCUT2D eigenvalue weighted by molar-refractivity contribution is 0.0498. The smallest absolute Gasteiger partial charge is 0.0805 e. The molecule has 31 heavy (non-hydrogen) atoms. The molecule has 0 radical (unpaired) electrons. The van der Waals surface area contributed by atoms with Crippen LogP contribution in [-0.2, 0) is 6.42 Å². The van der Waals surface area contributed by atoms with E-state index in [9.17, 15) is 0 Å². The topological polar surface area (TPSA) is 54.8 Å². The number of thiazole rings is 1. The van der Waals surface area contributed by atoms with E-state index in [4.69, 9.17) is 0 Å². The minimum atomic E-state index is 0.348. The lowest BCUT2D eigenvalue weighted by Crippen LogP contribution is -2.49. The van der Waals surface area contributed by atoms with E-state index >= 15 is 0 Å². The maximum Gasteiger partial charge on any atom is 0.0805 e. The van der Waals surface area contributed by atoms with Gasteiger partial charge in [0.25, 0.3) is 0 Å². The van der Waals surface area contributed by atoms with E-state index in [1.54, 1.807) is 11.3 Å². The fourth-order valence-corrected chi connectivity index (χ4v) is 5.71. The van der Waals surface area contributed by atoms with E-state index < -0.39 is 0 Å². The van der Waals surface area contributed by atoms with Crippen LogP contribution in [0, 0.1) is 12.8 Å². The van der Waals surface area contributed by atoms with Crippen LogP contribution in [0.3, 0.4) is 0 Å². The molecule has 3 fully saturated rings. The zero-order valence-corrected chi connectivity index (χ0v) is 18.8. The van der Waals surface area contributed by atoms with Gasteiger partial charge in [0.2, 0.25) is 0 Å². The van der Waals surface area contributed by atoms with Crippen molar-refractivity contribution in [1.29, 1.82) is 0 Å². The Morgan fingerprint density at radius 1 is 1.13 bits per heavy atom. The highest BCUT2D eigenvalue weighted by Crippen LogP contribution is 2.33. The molecule has 0 N–H and O–H groups in total. The second-order valence-corrected chi connectivity index (χ2v) is 9.74. The second-order valence-electron chi connectivity index (χ2n) is 8.85. The van der Waals surface area contributed by atoms with Gasteiger partial charge in [0, 0.05) is 24.4 Å². The van der Waals surface area contributed by atoms with E-state index in [-0.39, 0.29) is 0 Å². The predicted octanol–water partition coefficient (Wildman–Crippen LogP) is 3.10. The van der Waals surface area contributed by atoms with E-state index in [1.807, 2.05) is 37.0 Å². The zero-order valence-electron chi connectivity index (χ0n) is 18.0. The van der Waals surface area contributed by atoms with Crippen LogP contribution in [0.5, 0.6) is 0 Å². The highest BCUT2D eigenvalue weighted by molar-refractivity contribution is 7.07. The van der Waals surface area contributed by atoms with Gasteiger partial charge < -0.3 is 4.90 Å². The Morgan fingerprint density at radius 2 is 2.03 bits per heavy atom. The standard InChI is InChI=1S/C13H18N2.C12H11N3S/c1-2-12(10-14-5-1)9-13-8-11-3-6-15(13)7-4-11;1-8-2-4-10(15-14-8)9-3-5-11-12(6-9)16-7-13-11/h1-2,5,10-11,13H,3-4,6-9H2;2,4-7,9H,3H2,1H3. The lowest BCUT2D eigenvalue weighted by atomic mass is 9.81. The van der Waals surface area contributed by atoms with Gasteiger partial charge in [-0.25, -0.2) is 4.98 Å².